The molecule has 0 unspecified atom stereocenters. The number of aromatic nitrogens is 1. The molecule has 0 radical (unpaired) electrons. The number of benzene rings is 2. The van der Waals surface area contributed by atoms with Crippen molar-refractivity contribution in [2.45, 2.75) is 6.92 Å². The summed E-state index contributed by atoms with van der Waals surface area (Å²) in [6, 6.07) is 10.9. The van der Waals surface area contributed by atoms with Gasteiger partial charge in [-0.3, -0.25) is 10.1 Å². The van der Waals surface area contributed by atoms with E-state index in [4.69, 9.17) is 21.1 Å². The largest absolute Gasteiger partial charge is 0.494 e. The Morgan fingerprint density at radius 2 is 2.12 bits per heavy atom. The average molecular weight is 363 g/mol. The van der Waals surface area contributed by atoms with Gasteiger partial charge < -0.3 is 9.47 Å². The molecule has 0 saturated carbocycles. The number of ether oxygens (including phenoxy) is 2. The molecule has 2 aromatic carbocycles. The number of para-hydroxylation sites is 1. The highest BCUT2D eigenvalue weighted by molar-refractivity contribution is 7.22. The van der Waals surface area contributed by atoms with Gasteiger partial charge in [-0.2, -0.15) is 0 Å². The fourth-order valence-electron chi connectivity index (χ4n) is 2.21. The summed E-state index contributed by atoms with van der Waals surface area (Å²) in [5.41, 5.74) is 1.61. The summed E-state index contributed by atoms with van der Waals surface area (Å²) in [7, 11) is 1.59. The summed E-state index contributed by atoms with van der Waals surface area (Å²) in [5, 5.41) is 3.89. The quantitative estimate of drug-likeness (QED) is 0.735. The molecule has 0 fully saturated rings. The molecule has 0 aliphatic carbocycles. The number of hydrogen-bond donors (Lipinski definition) is 1. The molecule has 0 spiro atoms. The molecule has 0 aliphatic rings. The monoisotopic (exact) mass is 362 g/mol. The zero-order valence-electron chi connectivity index (χ0n) is 13.1. The van der Waals surface area contributed by atoms with Crippen molar-refractivity contribution in [1.82, 2.24) is 4.98 Å². The third-order valence-electron chi connectivity index (χ3n) is 3.34. The van der Waals surface area contributed by atoms with Gasteiger partial charge in [-0.1, -0.05) is 29.0 Å². The highest BCUT2D eigenvalue weighted by Crippen LogP contribution is 2.32. The number of halogens is 1. The Labute approximate surface area is 148 Å². The number of amides is 1. The van der Waals surface area contributed by atoms with Crippen molar-refractivity contribution in [1.29, 1.82) is 0 Å². The smallest absolute Gasteiger partial charge is 0.264 e. The van der Waals surface area contributed by atoms with Crippen molar-refractivity contribution in [2.24, 2.45) is 0 Å². The maximum Gasteiger partial charge on any atom is 0.264 e. The predicted octanol–water partition coefficient (Wildman–Crippen LogP) is 4.28. The molecule has 24 heavy (non-hydrogen) atoms. The molecule has 3 rings (SSSR count). The number of methoxy groups -OCH3 is 1. The van der Waals surface area contributed by atoms with E-state index in [1.165, 1.54) is 11.3 Å². The Morgan fingerprint density at radius 1 is 1.29 bits per heavy atom. The molecule has 1 heterocycles. The lowest BCUT2D eigenvalue weighted by Crippen LogP contribution is -2.20. The molecule has 1 N–H and O–H groups in total. The number of nitrogens with one attached hydrogen (secondary N) is 1. The van der Waals surface area contributed by atoms with Crippen molar-refractivity contribution in [3.8, 4) is 11.5 Å². The lowest BCUT2D eigenvalue weighted by Gasteiger charge is -2.08. The van der Waals surface area contributed by atoms with Crippen LogP contribution < -0.4 is 14.8 Å². The van der Waals surface area contributed by atoms with Crippen LogP contribution in [0.3, 0.4) is 0 Å². The first kappa shape index (κ1) is 16.5. The van der Waals surface area contributed by atoms with Gasteiger partial charge >= 0.3 is 0 Å². The van der Waals surface area contributed by atoms with Crippen molar-refractivity contribution < 1.29 is 14.3 Å². The third kappa shape index (κ3) is 3.60. The molecule has 0 aliphatic heterocycles. The van der Waals surface area contributed by atoms with Gasteiger partial charge in [-0.15, -0.1) is 0 Å². The van der Waals surface area contributed by atoms with E-state index in [1.54, 1.807) is 25.3 Å². The van der Waals surface area contributed by atoms with E-state index in [1.807, 2.05) is 25.1 Å². The van der Waals surface area contributed by atoms with Gasteiger partial charge in [0, 0.05) is 5.02 Å². The summed E-state index contributed by atoms with van der Waals surface area (Å²) in [4.78, 5) is 16.5. The first-order chi connectivity index (χ1) is 11.6. The highest BCUT2D eigenvalue weighted by atomic mass is 35.5. The summed E-state index contributed by atoms with van der Waals surface area (Å²) in [6.45, 7) is 1.77. The number of hydrogen-bond acceptors (Lipinski definition) is 5. The molecule has 5 nitrogen and oxygen atoms in total. The van der Waals surface area contributed by atoms with Crippen LogP contribution in [0.2, 0.25) is 5.02 Å². The maximum absolute atomic E-state index is 12.1. The number of fused-ring (bicyclic) bond motifs is 1. The lowest BCUT2D eigenvalue weighted by molar-refractivity contribution is -0.118. The van der Waals surface area contributed by atoms with Crippen LogP contribution in [-0.2, 0) is 4.79 Å². The molecule has 0 bridgehead atoms. The Hall–Kier alpha value is -2.31. The minimum atomic E-state index is -0.276. The minimum Gasteiger partial charge on any atom is -0.494 e. The van der Waals surface area contributed by atoms with Gasteiger partial charge in [0.25, 0.3) is 5.91 Å². The molecule has 7 heteroatoms. The van der Waals surface area contributed by atoms with E-state index >= 15 is 0 Å². The van der Waals surface area contributed by atoms with Crippen LogP contribution in [0.25, 0.3) is 10.2 Å². The van der Waals surface area contributed by atoms with Gasteiger partial charge in [0.1, 0.15) is 17.0 Å². The molecule has 1 aromatic heterocycles. The second-order valence-corrected chi connectivity index (χ2v) is 6.54. The second kappa shape index (κ2) is 7.07. The fraction of sp³-hybridized carbons (Fsp3) is 0.176. The zero-order valence-corrected chi connectivity index (χ0v) is 14.7. The second-order valence-electron chi connectivity index (χ2n) is 5.07. The Morgan fingerprint density at radius 3 is 2.88 bits per heavy atom. The number of anilines is 1. The third-order valence-corrected chi connectivity index (χ3v) is 4.52. The summed E-state index contributed by atoms with van der Waals surface area (Å²) < 4.78 is 11.7. The number of thiazole rings is 1. The van der Waals surface area contributed by atoms with Crippen molar-refractivity contribution in [3.05, 3.63) is 47.0 Å². The number of carbonyl (C=O) groups excluding carboxylic acids is 1. The Kier molecular flexibility index (Phi) is 4.87. The lowest BCUT2D eigenvalue weighted by atomic mass is 10.2. The van der Waals surface area contributed by atoms with Crippen molar-refractivity contribution >= 4 is 44.2 Å². The normalized spacial score (nSPS) is 10.6. The molecule has 0 atom stereocenters. The van der Waals surface area contributed by atoms with E-state index in [2.05, 4.69) is 10.3 Å². The summed E-state index contributed by atoms with van der Waals surface area (Å²) in [6.07, 6.45) is 0. The SMILES string of the molecule is COc1cccc2sc(NC(=O)COc3ccc(Cl)cc3C)nc12. The molecule has 124 valence electrons. The van der Waals surface area contributed by atoms with Crippen molar-refractivity contribution in [2.75, 3.05) is 19.0 Å². The number of aryl methyl sites for hydroxylation is 1. The van der Waals surface area contributed by atoms with Crippen LogP contribution in [0.1, 0.15) is 5.56 Å². The van der Waals surface area contributed by atoms with Gasteiger partial charge in [0.05, 0.1) is 11.8 Å². The standard InChI is InChI=1S/C17H15ClN2O3S/c1-10-8-11(18)6-7-12(10)23-9-15(21)19-17-20-16-13(22-2)4-3-5-14(16)24-17/h3-8H,9H2,1-2H3,(H,19,20,21). The van der Waals surface area contributed by atoms with E-state index in [9.17, 15) is 4.79 Å². The van der Waals surface area contributed by atoms with Crippen LogP contribution in [0.4, 0.5) is 5.13 Å². The summed E-state index contributed by atoms with van der Waals surface area (Å²) in [5.74, 6) is 1.03. The highest BCUT2D eigenvalue weighted by Gasteiger charge is 2.12. The van der Waals surface area contributed by atoms with E-state index in [0.717, 1.165) is 15.8 Å². The molecule has 0 saturated heterocycles. The molecular weight excluding hydrogens is 348 g/mol. The maximum atomic E-state index is 12.1. The van der Waals surface area contributed by atoms with E-state index < -0.39 is 0 Å². The van der Waals surface area contributed by atoms with Crippen LogP contribution in [0, 0.1) is 6.92 Å². The summed E-state index contributed by atoms with van der Waals surface area (Å²) >= 11 is 7.28. The first-order valence-corrected chi connectivity index (χ1v) is 8.38. The van der Waals surface area contributed by atoms with E-state index in [-0.39, 0.29) is 12.5 Å². The van der Waals surface area contributed by atoms with Crippen LogP contribution >= 0.6 is 22.9 Å². The number of nitrogens with zero attached hydrogens (tertiary/aromatic N) is 1. The molecule has 1 amide bonds. The predicted molar refractivity (Wildman–Crippen MR) is 96.5 cm³/mol. The zero-order chi connectivity index (χ0) is 17.1. The van der Waals surface area contributed by atoms with Gasteiger partial charge in [-0.05, 0) is 42.8 Å². The van der Waals surface area contributed by atoms with Crippen LogP contribution in [0.5, 0.6) is 11.5 Å². The Balaban J connectivity index is 1.66. The van der Waals surface area contributed by atoms with Crippen LogP contribution in [0.15, 0.2) is 36.4 Å². The van der Waals surface area contributed by atoms with Gasteiger partial charge in [-0.25, -0.2) is 4.98 Å². The topological polar surface area (TPSA) is 60.5 Å². The number of rotatable bonds is 5. The minimum absolute atomic E-state index is 0.102. The first-order valence-electron chi connectivity index (χ1n) is 7.19. The molecular formula is C17H15ClN2O3S. The van der Waals surface area contributed by atoms with Crippen LogP contribution in [-0.4, -0.2) is 24.6 Å². The van der Waals surface area contributed by atoms with E-state index in [0.29, 0.717) is 21.7 Å². The average Bonchev–Trinajstić information content (AvgIpc) is 2.96. The van der Waals surface area contributed by atoms with Crippen molar-refractivity contribution in [3.63, 3.8) is 0 Å². The van der Waals surface area contributed by atoms with Gasteiger partial charge in [0.15, 0.2) is 11.7 Å². The fourth-order valence-corrected chi connectivity index (χ4v) is 3.34. The van der Waals surface area contributed by atoms with Gasteiger partial charge in [0.2, 0.25) is 0 Å². The molecule has 3 aromatic rings. The number of carbonyl (C=O) groups is 1. The Bertz CT molecular complexity index is 895.